The molecule has 0 saturated carbocycles. The fourth-order valence-corrected chi connectivity index (χ4v) is 5.90. The molecule has 1 fully saturated rings. The summed E-state index contributed by atoms with van der Waals surface area (Å²) < 4.78 is 25.6. The second kappa shape index (κ2) is 5.81. The van der Waals surface area contributed by atoms with Gasteiger partial charge in [-0.25, -0.2) is 8.42 Å². The Labute approximate surface area is 132 Å². The molecule has 1 heterocycles. The van der Waals surface area contributed by atoms with Crippen LogP contribution in [0.1, 0.15) is 12.8 Å². The summed E-state index contributed by atoms with van der Waals surface area (Å²) in [4.78, 5) is 0. The first-order valence-electron chi connectivity index (χ1n) is 5.49. The van der Waals surface area contributed by atoms with Gasteiger partial charge in [0, 0.05) is 19.5 Å². The molecule has 2 rings (SSSR count). The van der Waals surface area contributed by atoms with E-state index >= 15 is 0 Å². The number of halogens is 3. The van der Waals surface area contributed by atoms with E-state index in [9.17, 15) is 8.42 Å². The predicted octanol–water partition coefficient (Wildman–Crippen LogP) is 3.96. The third kappa shape index (κ3) is 3.71. The maximum atomic E-state index is 11.4. The van der Waals surface area contributed by atoms with E-state index in [0.29, 0.717) is 12.8 Å². The monoisotopic (exact) mass is 459 g/mol. The van der Waals surface area contributed by atoms with E-state index in [-0.39, 0.29) is 17.5 Å². The van der Waals surface area contributed by atoms with Gasteiger partial charge in [0.15, 0.2) is 0 Å². The molecule has 18 heavy (non-hydrogen) atoms. The number of rotatable bonds is 2. The van der Waals surface area contributed by atoms with Crippen LogP contribution in [-0.4, -0.2) is 26.0 Å². The molecule has 0 radical (unpaired) electrons. The van der Waals surface area contributed by atoms with Crippen LogP contribution in [0.2, 0.25) is 0 Å². The van der Waals surface area contributed by atoms with Crippen LogP contribution < -0.4 is 5.32 Å². The van der Waals surface area contributed by atoms with Crippen molar-refractivity contribution >= 4 is 63.3 Å². The minimum Gasteiger partial charge on any atom is -0.380 e. The Morgan fingerprint density at radius 3 is 2.06 bits per heavy atom. The molecule has 1 saturated heterocycles. The Morgan fingerprint density at radius 2 is 1.56 bits per heavy atom. The van der Waals surface area contributed by atoms with E-state index in [2.05, 4.69) is 53.1 Å². The fourth-order valence-electron chi connectivity index (χ4n) is 1.92. The quantitative estimate of drug-likeness (QED) is 0.725. The third-order valence-electron chi connectivity index (χ3n) is 2.91. The van der Waals surface area contributed by atoms with Crippen molar-refractivity contribution in [2.24, 2.45) is 0 Å². The summed E-state index contributed by atoms with van der Waals surface area (Å²) in [5.74, 6) is 0.548. The number of hydrogen-bond acceptors (Lipinski definition) is 3. The maximum Gasteiger partial charge on any atom is 0.150 e. The van der Waals surface area contributed by atoms with Crippen molar-refractivity contribution in [2.75, 3.05) is 16.8 Å². The van der Waals surface area contributed by atoms with Crippen LogP contribution >= 0.6 is 47.8 Å². The molecule has 1 aliphatic rings. The second-order valence-corrected chi connectivity index (χ2v) is 9.24. The summed E-state index contributed by atoms with van der Waals surface area (Å²) in [6, 6.07) is 4.14. The largest absolute Gasteiger partial charge is 0.380 e. The molecule has 1 N–H and O–H groups in total. The number of hydrogen-bond donors (Lipinski definition) is 1. The molecule has 0 spiro atoms. The van der Waals surface area contributed by atoms with Gasteiger partial charge < -0.3 is 5.32 Å². The first kappa shape index (κ1) is 14.8. The van der Waals surface area contributed by atoms with Gasteiger partial charge in [0.05, 0.1) is 17.2 Å². The van der Waals surface area contributed by atoms with Crippen molar-refractivity contribution in [3.05, 3.63) is 25.6 Å². The molecule has 1 aromatic carbocycles. The van der Waals surface area contributed by atoms with Crippen LogP contribution in [0.25, 0.3) is 0 Å². The van der Waals surface area contributed by atoms with Gasteiger partial charge in [-0.3, -0.25) is 0 Å². The van der Waals surface area contributed by atoms with Gasteiger partial charge in [-0.15, -0.1) is 0 Å². The first-order valence-corrected chi connectivity index (χ1v) is 9.69. The van der Waals surface area contributed by atoms with Gasteiger partial charge in [-0.2, -0.15) is 0 Å². The van der Waals surface area contributed by atoms with E-state index in [1.54, 1.807) is 0 Å². The Hall–Kier alpha value is 0.410. The molecule has 0 unspecified atom stereocenters. The van der Waals surface area contributed by atoms with Gasteiger partial charge >= 0.3 is 0 Å². The smallest absolute Gasteiger partial charge is 0.150 e. The number of sulfone groups is 1. The van der Waals surface area contributed by atoms with E-state index in [1.165, 1.54) is 0 Å². The highest BCUT2D eigenvalue weighted by Crippen LogP contribution is 2.35. The number of nitrogens with one attached hydrogen (secondary N) is 1. The lowest BCUT2D eigenvalue weighted by Gasteiger charge is -2.25. The second-order valence-electron chi connectivity index (χ2n) is 4.31. The number of anilines is 1. The lowest BCUT2D eigenvalue weighted by Crippen LogP contribution is -2.32. The molecule has 0 aliphatic carbocycles. The zero-order chi connectivity index (χ0) is 13.3. The van der Waals surface area contributed by atoms with Gasteiger partial charge in [-0.05, 0) is 56.8 Å². The maximum absolute atomic E-state index is 11.4. The minimum absolute atomic E-state index is 0.210. The number of benzene rings is 1. The normalized spacial score (nSPS) is 19.7. The highest BCUT2D eigenvalue weighted by atomic mass is 79.9. The van der Waals surface area contributed by atoms with Crippen molar-refractivity contribution in [2.45, 2.75) is 18.9 Å². The van der Waals surface area contributed by atoms with Crippen LogP contribution in [0.4, 0.5) is 5.69 Å². The topological polar surface area (TPSA) is 46.2 Å². The van der Waals surface area contributed by atoms with Crippen LogP contribution in [-0.2, 0) is 9.84 Å². The fraction of sp³-hybridized carbons (Fsp3) is 0.455. The van der Waals surface area contributed by atoms with Gasteiger partial charge in [0.25, 0.3) is 0 Å². The molecule has 7 heteroatoms. The van der Waals surface area contributed by atoms with Crippen molar-refractivity contribution < 1.29 is 8.42 Å². The molecule has 0 aromatic heterocycles. The SMILES string of the molecule is O=S1(=O)CCC(Nc2c(Br)cc(Br)cc2Br)CC1. The van der Waals surface area contributed by atoms with Crippen molar-refractivity contribution in [3.63, 3.8) is 0 Å². The zero-order valence-electron chi connectivity index (χ0n) is 9.42. The van der Waals surface area contributed by atoms with Crippen molar-refractivity contribution in [3.8, 4) is 0 Å². The predicted molar refractivity (Wildman–Crippen MR) is 84.8 cm³/mol. The Morgan fingerprint density at radius 1 is 1.06 bits per heavy atom. The van der Waals surface area contributed by atoms with E-state index in [1.807, 2.05) is 12.1 Å². The molecule has 0 amide bonds. The summed E-state index contributed by atoms with van der Waals surface area (Å²) in [7, 11) is -2.81. The molecular weight excluding hydrogens is 450 g/mol. The average Bonchev–Trinajstić information content (AvgIpc) is 2.25. The Bertz CT molecular complexity index is 522. The molecule has 0 atom stereocenters. The summed E-state index contributed by atoms with van der Waals surface area (Å²) in [6.45, 7) is 0. The lowest BCUT2D eigenvalue weighted by molar-refractivity contribution is 0.559. The summed E-state index contributed by atoms with van der Waals surface area (Å²) in [5, 5.41) is 3.40. The van der Waals surface area contributed by atoms with Gasteiger partial charge in [-0.1, -0.05) is 15.9 Å². The van der Waals surface area contributed by atoms with Crippen LogP contribution in [0, 0.1) is 0 Å². The van der Waals surface area contributed by atoms with Crippen molar-refractivity contribution in [1.82, 2.24) is 0 Å². The third-order valence-corrected chi connectivity index (χ3v) is 6.33. The highest BCUT2D eigenvalue weighted by molar-refractivity contribution is 9.11. The molecule has 0 bridgehead atoms. The van der Waals surface area contributed by atoms with Gasteiger partial charge in [0.1, 0.15) is 9.84 Å². The highest BCUT2D eigenvalue weighted by Gasteiger charge is 2.24. The molecule has 1 aromatic rings. The Balaban J connectivity index is 2.11. The zero-order valence-corrected chi connectivity index (χ0v) is 15.0. The van der Waals surface area contributed by atoms with Crippen LogP contribution in [0.5, 0.6) is 0 Å². The lowest BCUT2D eigenvalue weighted by atomic mass is 10.1. The van der Waals surface area contributed by atoms with Gasteiger partial charge in [0.2, 0.25) is 0 Å². The van der Waals surface area contributed by atoms with E-state index in [0.717, 1.165) is 19.1 Å². The average molecular weight is 462 g/mol. The van der Waals surface area contributed by atoms with E-state index in [4.69, 9.17) is 0 Å². The standard InChI is InChI=1S/C11H12Br3NO2S/c12-7-5-9(13)11(10(14)6-7)15-8-1-3-18(16,17)4-2-8/h5-6,8,15H,1-4H2. The van der Waals surface area contributed by atoms with Crippen LogP contribution in [0.3, 0.4) is 0 Å². The van der Waals surface area contributed by atoms with Crippen molar-refractivity contribution in [1.29, 1.82) is 0 Å². The summed E-state index contributed by atoms with van der Waals surface area (Å²) >= 11 is 10.4. The Kier molecular flexibility index (Phi) is 4.78. The summed E-state index contributed by atoms with van der Waals surface area (Å²) in [6.07, 6.45) is 1.33. The molecule has 1 aliphatic heterocycles. The minimum atomic E-state index is -2.81. The molecular formula is C11H12Br3NO2S. The molecule has 100 valence electrons. The van der Waals surface area contributed by atoms with E-state index < -0.39 is 9.84 Å². The first-order chi connectivity index (χ1) is 8.37. The molecule has 3 nitrogen and oxygen atoms in total. The summed E-state index contributed by atoms with van der Waals surface area (Å²) in [5.41, 5.74) is 0.975. The van der Waals surface area contributed by atoms with Crippen LogP contribution in [0.15, 0.2) is 25.6 Å².